The topological polar surface area (TPSA) is 81.1 Å². The van der Waals surface area contributed by atoms with Crippen LogP contribution in [0.4, 0.5) is 0 Å². The van der Waals surface area contributed by atoms with Gasteiger partial charge < -0.3 is 9.88 Å². The Hall–Kier alpha value is -1.67. The summed E-state index contributed by atoms with van der Waals surface area (Å²) in [6.07, 6.45) is 4.21. The van der Waals surface area contributed by atoms with Crippen LogP contribution in [0.2, 0.25) is 0 Å². The maximum Gasteiger partial charge on any atom is 0.263 e. The Kier molecular flexibility index (Phi) is 3.58. The molecular weight excluding hydrogens is 310 g/mol. The van der Waals surface area contributed by atoms with Crippen LogP contribution in [0.15, 0.2) is 24.5 Å². The van der Waals surface area contributed by atoms with Gasteiger partial charge in [0.05, 0.1) is 17.2 Å². The molecule has 1 atom stereocenters. The zero-order valence-electron chi connectivity index (χ0n) is 11.4. The normalized spacial score (nSPS) is 20.5. The lowest BCUT2D eigenvalue weighted by Crippen LogP contribution is -2.35. The second-order valence-corrected chi connectivity index (χ2v) is 8.28. The molecule has 21 heavy (non-hydrogen) atoms. The molecule has 0 aliphatic carbocycles. The number of nitrogens with one attached hydrogen (secondary N) is 1. The summed E-state index contributed by atoms with van der Waals surface area (Å²) in [5.41, 5.74) is 0.655. The molecule has 1 saturated heterocycles. The van der Waals surface area contributed by atoms with Crippen molar-refractivity contribution in [2.45, 2.75) is 19.4 Å². The number of sulfone groups is 1. The molecule has 3 heterocycles. The van der Waals surface area contributed by atoms with Crippen molar-refractivity contribution in [3.63, 3.8) is 0 Å². The van der Waals surface area contributed by atoms with Gasteiger partial charge in [0.15, 0.2) is 15.0 Å². The highest BCUT2D eigenvalue weighted by Gasteiger charge is 2.30. The molecular formula is C13H15N3O3S2. The van der Waals surface area contributed by atoms with Crippen LogP contribution in [0.3, 0.4) is 0 Å². The summed E-state index contributed by atoms with van der Waals surface area (Å²) in [7, 11) is -2.99. The molecule has 1 N–H and O–H groups in total. The van der Waals surface area contributed by atoms with E-state index < -0.39 is 9.84 Å². The molecule has 3 rings (SSSR count). The van der Waals surface area contributed by atoms with Gasteiger partial charge in [-0.15, -0.1) is 0 Å². The lowest BCUT2D eigenvalue weighted by Gasteiger charge is -2.09. The smallest absolute Gasteiger partial charge is 0.263 e. The lowest BCUT2D eigenvalue weighted by atomic mass is 10.2. The van der Waals surface area contributed by atoms with Gasteiger partial charge in [0, 0.05) is 18.4 Å². The van der Waals surface area contributed by atoms with Crippen molar-refractivity contribution in [1.82, 2.24) is 14.9 Å². The number of rotatable bonds is 3. The fourth-order valence-electron chi connectivity index (χ4n) is 2.33. The van der Waals surface area contributed by atoms with Crippen LogP contribution >= 0.6 is 11.3 Å². The number of hydrogen-bond donors (Lipinski definition) is 1. The van der Waals surface area contributed by atoms with Crippen LogP contribution in [-0.4, -0.2) is 41.4 Å². The Balaban J connectivity index is 1.76. The first-order valence-corrected chi connectivity index (χ1v) is 9.20. The molecule has 2 aromatic rings. The predicted octanol–water partition coefficient (Wildman–Crippen LogP) is 1.16. The van der Waals surface area contributed by atoms with E-state index in [4.69, 9.17) is 0 Å². The summed E-state index contributed by atoms with van der Waals surface area (Å²) < 4.78 is 24.7. The van der Waals surface area contributed by atoms with E-state index in [0.29, 0.717) is 17.0 Å². The number of carbonyl (C=O) groups excluding carboxylic acids is 1. The molecule has 0 saturated carbocycles. The van der Waals surface area contributed by atoms with E-state index in [2.05, 4.69) is 10.3 Å². The van der Waals surface area contributed by atoms with E-state index in [1.807, 2.05) is 29.1 Å². The minimum atomic E-state index is -2.99. The van der Waals surface area contributed by atoms with Crippen LogP contribution in [0.25, 0.3) is 5.13 Å². The summed E-state index contributed by atoms with van der Waals surface area (Å²) in [5, 5.41) is 3.52. The van der Waals surface area contributed by atoms with Crippen LogP contribution in [0, 0.1) is 6.92 Å². The third kappa shape index (κ3) is 3.01. The largest absolute Gasteiger partial charge is 0.347 e. The average molecular weight is 325 g/mol. The van der Waals surface area contributed by atoms with Crippen LogP contribution < -0.4 is 5.32 Å². The van der Waals surface area contributed by atoms with Crippen molar-refractivity contribution in [3.05, 3.63) is 35.1 Å². The first-order chi connectivity index (χ1) is 9.94. The number of aromatic nitrogens is 2. The summed E-state index contributed by atoms with van der Waals surface area (Å²) in [6.45, 7) is 1.78. The van der Waals surface area contributed by atoms with Crippen molar-refractivity contribution in [2.75, 3.05) is 11.5 Å². The summed E-state index contributed by atoms with van der Waals surface area (Å²) >= 11 is 1.30. The maximum atomic E-state index is 12.3. The molecule has 2 aromatic heterocycles. The van der Waals surface area contributed by atoms with Crippen molar-refractivity contribution < 1.29 is 13.2 Å². The number of amides is 1. The molecule has 1 aliphatic heterocycles. The van der Waals surface area contributed by atoms with E-state index in [1.165, 1.54) is 11.3 Å². The predicted molar refractivity (Wildman–Crippen MR) is 80.7 cm³/mol. The second kappa shape index (κ2) is 5.27. The molecule has 0 spiro atoms. The Labute approximate surface area is 126 Å². The number of carbonyl (C=O) groups is 1. The minimum absolute atomic E-state index is 0.0288. The average Bonchev–Trinajstić information content (AvgIpc) is 3.09. The maximum absolute atomic E-state index is 12.3. The van der Waals surface area contributed by atoms with Crippen LogP contribution in [-0.2, 0) is 9.84 Å². The van der Waals surface area contributed by atoms with Gasteiger partial charge in [0.1, 0.15) is 4.88 Å². The van der Waals surface area contributed by atoms with Crippen molar-refractivity contribution >= 4 is 27.1 Å². The second-order valence-electron chi connectivity index (χ2n) is 5.07. The van der Waals surface area contributed by atoms with Crippen molar-refractivity contribution in [1.29, 1.82) is 0 Å². The molecule has 8 heteroatoms. The van der Waals surface area contributed by atoms with Crippen molar-refractivity contribution in [3.8, 4) is 5.13 Å². The molecule has 0 unspecified atom stereocenters. The minimum Gasteiger partial charge on any atom is -0.347 e. The van der Waals surface area contributed by atoms with Gasteiger partial charge in [-0.3, -0.25) is 4.79 Å². The first-order valence-electron chi connectivity index (χ1n) is 6.57. The molecule has 0 radical (unpaired) electrons. The lowest BCUT2D eigenvalue weighted by molar-refractivity contribution is 0.0944. The molecule has 1 fully saturated rings. The first kappa shape index (κ1) is 14.3. The van der Waals surface area contributed by atoms with Gasteiger partial charge in [-0.25, -0.2) is 13.4 Å². The summed E-state index contributed by atoms with van der Waals surface area (Å²) in [6, 6.07) is 3.48. The SMILES string of the molecule is Cc1nc(-n2cccc2)sc1C(=O)N[C@H]1CCS(=O)(=O)C1. The van der Waals surface area contributed by atoms with Crippen molar-refractivity contribution in [2.24, 2.45) is 0 Å². The molecule has 6 nitrogen and oxygen atoms in total. The molecule has 0 bridgehead atoms. The van der Waals surface area contributed by atoms with E-state index in [1.54, 1.807) is 6.92 Å². The standard InChI is InChI=1S/C13H15N3O3S2/c1-9-11(20-13(14-9)16-5-2-3-6-16)12(17)15-10-4-7-21(18,19)8-10/h2-3,5-6,10H,4,7-8H2,1H3,(H,15,17)/t10-/m0/s1. The third-order valence-electron chi connectivity index (χ3n) is 3.38. The zero-order chi connectivity index (χ0) is 15.0. The van der Waals surface area contributed by atoms with E-state index in [-0.39, 0.29) is 23.5 Å². The van der Waals surface area contributed by atoms with Gasteiger partial charge >= 0.3 is 0 Å². The number of aryl methyl sites for hydroxylation is 1. The van der Waals surface area contributed by atoms with Crippen LogP contribution in [0.1, 0.15) is 21.8 Å². The monoisotopic (exact) mass is 325 g/mol. The summed E-state index contributed by atoms with van der Waals surface area (Å²) in [5.74, 6) is -0.0690. The van der Waals surface area contributed by atoms with Crippen LogP contribution in [0.5, 0.6) is 0 Å². The number of nitrogens with zero attached hydrogens (tertiary/aromatic N) is 2. The van der Waals surface area contributed by atoms with Gasteiger partial charge in [-0.05, 0) is 25.5 Å². The Morgan fingerprint density at radius 3 is 2.76 bits per heavy atom. The molecule has 1 amide bonds. The Morgan fingerprint density at radius 2 is 2.14 bits per heavy atom. The van der Waals surface area contributed by atoms with E-state index in [0.717, 1.165) is 5.13 Å². The molecule has 0 aromatic carbocycles. The van der Waals surface area contributed by atoms with E-state index in [9.17, 15) is 13.2 Å². The summed E-state index contributed by atoms with van der Waals surface area (Å²) in [4.78, 5) is 17.2. The molecule has 1 aliphatic rings. The highest BCUT2D eigenvalue weighted by molar-refractivity contribution is 7.91. The number of hydrogen-bond acceptors (Lipinski definition) is 5. The van der Waals surface area contributed by atoms with E-state index >= 15 is 0 Å². The number of thiazole rings is 1. The molecule has 112 valence electrons. The Bertz CT molecular complexity index is 763. The quantitative estimate of drug-likeness (QED) is 0.918. The zero-order valence-corrected chi connectivity index (χ0v) is 13.1. The Morgan fingerprint density at radius 1 is 1.43 bits per heavy atom. The van der Waals surface area contributed by atoms with Gasteiger partial charge in [0.2, 0.25) is 0 Å². The van der Waals surface area contributed by atoms with Gasteiger partial charge in [-0.2, -0.15) is 0 Å². The fourth-order valence-corrected chi connectivity index (χ4v) is 4.94. The third-order valence-corrected chi connectivity index (χ3v) is 6.32. The van der Waals surface area contributed by atoms with Gasteiger partial charge in [-0.1, -0.05) is 11.3 Å². The fraction of sp³-hybridized carbons (Fsp3) is 0.385. The van der Waals surface area contributed by atoms with Gasteiger partial charge in [0.25, 0.3) is 5.91 Å². The highest BCUT2D eigenvalue weighted by Crippen LogP contribution is 2.22. The highest BCUT2D eigenvalue weighted by atomic mass is 32.2.